The highest BCUT2D eigenvalue weighted by Gasteiger charge is 2.17. The smallest absolute Gasteiger partial charge is 0.119 e. The van der Waals surface area contributed by atoms with Gasteiger partial charge in [-0.2, -0.15) is 0 Å². The van der Waals surface area contributed by atoms with Gasteiger partial charge in [0.1, 0.15) is 12.4 Å². The molecule has 0 unspecified atom stereocenters. The van der Waals surface area contributed by atoms with Gasteiger partial charge in [0, 0.05) is 6.54 Å². The van der Waals surface area contributed by atoms with Gasteiger partial charge in [-0.05, 0) is 29.5 Å². The molecule has 2 N–H and O–H groups in total. The lowest BCUT2D eigenvalue weighted by atomic mass is 9.82. The predicted molar refractivity (Wildman–Crippen MR) is 75.1 cm³/mol. The fraction of sp³-hybridized carbons (Fsp3) is 0.600. The Bertz CT molecular complexity index is 333. The number of rotatable bonds is 8. The number of benzene rings is 1. The molecule has 1 rings (SSSR count). The Morgan fingerprint density at radius 1 is 1.06 bits per heavy atom. The van der Waals surface area contributed by atoms with Gasteiger partial charge in [0.05, 0.1) is 13.2 Å². The average molecular weight is 251 g/mol. The number of hydrogen-bond donors (Lipinski definition) is 1. The van der Waals surface area contributed by atoms with Gasteiger partial charge in [0.15, 0.2) is 0 Å². The Balaban J connectivity index is 2.41. The molecule has 0 heterocycles. The molecule has 102 valence electrons. The van der Waals surface area contributed by atoms with Crippen LogP contribution < -0.4 is 10.5 Å². The van der Waals surface area contributed by atoms with Gasteiger partial charge >= 0.3 is 0 Å². The van der Waals surface area contributed by atoms with Crippen LogP contribution >= 0.6 is 0 Å². The summed E-state index contributed by atoms with van der Waals surface area (Å²) in [4.78, 5) is 0. The van der Waals surface area contributed by atoms with Crippen LogP contribution in [0.1, 0.15) is 32.8 Å². The molecule has 0 amide bonds. The van der Waals surface area contributed by atoms with Crippen molar-refractivity contribution in [3.8, 4) is 5.75 Å². The van der Waals surface area contributed by atoms with Crippen LogP contribution in [0.2, 0.25) is 0 Å². The summed E-state index contributed by atoms with van der Waals surface area (Å²) in [6, 6.07) is 8.32. The van der Waals surface area contributed by atoms with Crippen molar-refractivity contribution in [2.75, 3.05) is 26.4 Å². The summed E-state index contributed by atoms with van der Waals surface area (Å²) in [5, 5.41) is 0. The van der Waals surface area contributed by atoms with Crippen LogP contribution in [0.25, 0.3) is 0 Å². The van der Waals surface area contributed by atoms with E-state index in [9.17, 15) is 0 Å². The second-order valence-corrected chi connectivity index (χ2v) is 5.01. The maximum Gasteiger partial charge on any atom is 0.119 e. The molecule has 0 saturated carbocycles. The summed E-state index contributed by atoms with van der Waals surface area (Å²) in [6.45, 7) is 9.01. The van der Waals surface area contributed by atoms with E-state index < -0.39 is 0 Å². The SMILES string of the molecule is CCC(C)(C)c1ccc(OCCOCCN)cc1. The third-order valence-electron chi connectivity index (χ3n) is 3.28. The molecule has 0 saturated heterocycles. The first-order chi connectivity index (χ1) is 8.60. The third kappa shape index (κ3) is 4.67. The number of nitrogens with two attached hydrogens (primary N) is 1. The minimum atomic E-state index is 0.225. The highest BCUT2D eigenvalue weighted by Crippen LogP contribution is 2.27. The molecule has 3 nitrogen and oxygen atoms in total. The normalized spacial score (nSPS) is 11.6. The second kappa shape index (κ2) is 7.39. The minimum Gasteiger partial charge on any atom is -0.491 e. The maximum atomic E-state index is 5.59. The molecular weight excluding hydrogens is 226 g/mol. The highest BCUT2D eigenvalue weighted by molar-refractivity contribution is 5.31. The van der Waals surface area contributed by atoms with Gasteiger partial charge in [-0.15, -0.1) is 0 Å². The largest absolute Gasteiger partial charge is 0.491 e. The van der Waals surface area contributed by atoms with Crippen molar-refractivity contribution >= 4 is 0 Å². The van der Waals surface area contributed by atoms with Crippen molar-refractivity contribution in [1.82, 2.24) is 0 Å². The van der Waals surface area contributed by atoms with Crippen LogP contribution in [0, 0.1) is 0 Å². The molecule has 1 aromatic rings. The molecule has 18 heavy (non-hydrogen) atoms. The molecule has 1 aromatic carbocycles. The van der Waals surface area contributed by atoms with E-state index in [1.807, 2.05) is 12.1 Å². The van der Waals surface area contributed by atoms with Crippen molar-refractivity contribution in [3.63, 3.8) is 0 Å². The van der Waals surface area contributed by atoms with Gasteiger partial charge in [-0.3, -0.25) is 0 Å². The van der Waals surface area contributed by atoms with E-state index in [0.717, 1.165) is 12.2 Å². The molecule has 0 bridgehead atoms. The summed E-state index contributed by atoms with van der Waals surface area (Å²) >= 11 is 0. The molecule has 0 atom stereocenters. The Morgan fingerprint density at radius 3 is 2.28 bits per heavy atom. The van der Waals surface area contributed by atoms with Gasteiger partial charge in [0.2, 0.25) is 0 Å². The van der Waals surface area contributed by atoms with Crippen molar-refractivity contribution in [2.45, 2.75) is 32.6 Å². The second-order valence-electron chi connectivity index (χ2n) is 5.01. The van der Waals surface area contributed by atoms with Crippen LogP contribution in [0.3, 0.4) is 0 Å². The highest BCUT2D eigenvalue weighted by atomic mass is 16.5. The van der Waals surface area contributed by atoms with Crippen LogP contribution in [0.4, 0.5) is 0 Å². The van der Waals surface area contributed by atoms with Crippen molar-refractivity contribution in [3.05, 3.63) is 29.8 Å². The summed E-state index contributed by atoms with van der Waals surface area (Å²) in [5.74, 6) is 0.891. The topological polar surface area (TPSA) is 44.5 Å². The van der Waals surface area contributed by atoms with E-state index >= 15 is 0 Å². The molecule has 0 aliphatic heterocycles. The Kier molecular flexibility index (Phi) is 6.16. The number of hydrogen-bond acceptors (Lipinski definition) is 3. The van der Waals surface area contributed by atoms with Gasteiger partial charge < -0.3 is 15.2 Å². The van der Waals surface area contributed by atoms with Crippen molar-refractivity contribution in [2.24, 2.45) is 5.73 Å². The van der Waals surface area contributed by atoms with E-state index in [-0.39, 0.29) is 5.41 Å². The number of ether oxygens (including phenoxy) is 2. The molecule has 0 spiro atoms. The minimum absolute atomic E-state index is 0.225. The molecule has 0 aliphatic carbocycles. The van der Waals surface area contributed by atoms with E-state index in [1.165, 1.54) is 5.56 Å². The van der Waals surface area contributed by atoms with Gasteiger partial charge in [0.25, 0.3) is 0 Å². The Hall–Kier alpha value is -1.06. The van der Waals surface area contributed by atoms with Crippen LogP contribution in [0.15, 0.2) is 24.3 Å². The molecular formula is C15H25NO2. The summed E-state index contributed by atoms with van der Waals surface area (Å²) in [5.41, 5.74) is 6.90. The first-order valence-corrected chi connectivity index (χ1v) is 6.61. The third-order valence-corrected chi connectivity index (χ3v) is 3.28. The molecule has 3 heteroatoms. The Morgan fingerprint density at radius 2 is 1.72 bits per heavy atom. The molecule has 0 radical (unpaired) electrons. The fourth-order valence-corrected chi connectivity index (χ4v) is 1.61. The molecule has 0 aliphatic rings. The zero-order valence-electron chi connectivity index (χ0n) is 11.7. The van der Waals surface area contributed by atoms with Crippen LogP contribution in [-0.2, 0) is 10.2 Å². The van der Waals surface area contributed by atoms with Gasteiger partial charge in [-0.1, -0.05) is 32.9 Å². The molecule has 0 fully saturated rings. The lowest BCUT2D eigenvalue weighted by molar-refractivity contribution is 0.106. The first-order valence-electron chi connectivity index (χ1n) is 6.61. The quantitative estimate of drug-likeness (QED) is 0.722. The maximum absolute atomic E-state index is 5.59. The van der Waals surface area contributed by atoms with Crippen molar-refractivity contribution < 1.29 is 9.47 Å². The summed E-state index contributed by atoms with van der Waals surface area (Å²) < 4.78 is 10.8. The fourth-order valence-electron chi connectivity index (χ4n) is 1.61. The van der Waals surface area contributed by atoms with E-state index in [2.05, 4.69) is 32.9 Å². The van der Waals surface area contributed by atoms with Crippen molar-refractivity contribution in [1.29, 1.82) is 0 Å². The standard InChI is InChI=1S/C15H25NO2/c1-4-15(2,3)13-5-7-14(8-6-13)18-12-11-17-10-9-16/h5-8H,4,9-12,16H2,1-3H3. The van der Waals surface area contributed by atoms with Gasteiger partial charge in [-0.25, -0.2) is 0 Å². The van der Waals surface area contributed by atoms with E-state index in [1.54, 1.807) is 0 Å². The first kappa shape index (κ1) is 15.0. The average Bonchev–Trinajstić information content (AvgIpc) is 2.39. The zero-order chi connectivity index (χ0) is 13.4. The zero-order valence-corrected chi connectivity index (χ0v) is 11.7. The van der Waals surface area contributed by atoms with E-state index in [4.69, 9.17) is 15.2 Å². The lowest BCUT2D eigenvalue weighted by Gasteiger charge is -2.23. The molecule has 0 aromatic heterocycles. The lowest BCUT2D eigenvalue weighted by Crippen LogP contribution is -2.15. The monoisotopic (exact) mass is 251 g/mol. The van der Waals surface area contributed by atoms with Crippen LogP contribution in [-0.4, -0.2) is 26.4 Å². The summed E-state index contributed by atoms with van der Waals surface area (Å²) in [6.07, 6.45) is 1.13. The predicted octanol–water partition coefficient (Wildman–Crippen LogP) is 2.73. The Labute approximate surface area is 110 Å². The van der Waals surface area contributed by atoms with E-state index in [0.29, 0.717) is 26.4 Å². The summed E-state index contributed by atoms with van der Waals surface area (Å²) in [7, 11) is 0. The van der Waals surface area contributed by atoms with Crippen LogP contribution in [0.5, 0.6) is 5.75 Å².